The van der Waals surface area contributed by atoms with Gasteiger partial charge in [0.1, 0.15) is 11.5 Å². The third-order valence-electron chi connectivity index (χ3n) is 4.50. The van der Waals surface area contributed by atoms with Crippen molar-refractivity contribution in [1.82, 2.24) is 5.32 Å². The smallest absolute Gasteiger partial charge is 0.227 e. The summed E-state index contributed by atoms with van der Waals surface area (Å²) in [5.74, 6) is 1.54. The number of carbonyl (C=O) groups excluding carboxylic acids is 1. The van der Waals surface area contributed by atoms with Crippen molar-refractivity contribution in [3.63, 3.8) is 0 Å². The molecule has 0 unspecified atom stereocenters. The summed E-state index contributed by atoms with van der Waals surface area (Å²) in [5, 5.41) is 3.01. The van der Waals surface area contributed by atoms with Crippen LogP contribution in [-0.4, -0.2) is 46.4 Å². The number of halogens is 1. The van der Waals surface area contributed by atoms with Gasteiger partial charge in [-0.3, -0.25) is 4.79 Å². The second kappa shape index (κ2) is 9.71. The highest BCUT2D eigenvalue weighted by Crippen LogP contribution is 2.29. The van der Waals surface area contributed by atoms with Crippen LogP contribution < -0.4 is 20.5 Å². The average molecular weight is 359 g/mol. The summed E-state index contributed by atoms with van der Waals surface area (Å²) in [5.41, 5.74) is 6.40. The van der Waals surface area contributed by atoms with Gasteiger partial charge in [0, 0.05) is 32.4 Å². The van der Waals surface area contributed by atoms with Crippen molar-refractivity contribution < 1.29 is 19.0 Å². The number of amides is 1. The van der Waals surface area contributed by atoms with Crippen molar-refractivity contribution in [1.29, 1.82) is 0 Å². The fourth-order valence-corrected chi connectivity index (χ4v) is 2.84. The second-order valence-electron chi connectivity index (χ2n) is 5.78. The summed E-state index contributed by atoms with van der Waals surface area (Å²) in [6.07, 6.45) is 2.05. The third kappa shape index (κ3) is 4.75. The van der Waals surface area contributed by atoms with Crippen LogP contribution in [0.5, 0.6) is 11.5 Å². The summed E-state index contributed by atoms with van der Waals surface area (Å²) < 4.78 is 15.9. The first-order chi connectivity index (χ1) is 11.1. The van der Waals surface area contributed by atoms with Gasteiger partial charge in [0.15, 0.2) is 0 Å². The molecule has 1 aliphatic heterocycles. The van der Waals surface area contributed by atoms with Crippen LogP contribution in [0.1, 0.15) is 18.4 Å². The Labute approximate surface area is 149 Å². The standard InChI is InChI=1S/C17H26N2O4.ClH/c1-21-14-4-3-13(15(11-14)22-2)5-8-19-16(20)17(12-18)6-9-23-10-7-17;/h3-4,11H,5-10,12,18H2,1-2H3,(H,19,20);1H. The lowest BCUT2D eigenvalue weighted by molar-refractivity contribution is -0.135. The first-order valence-electron chi connectivity index (χ1n) is 7.92. The Bertz CT molecular complexity index is 533. The van der Waals surface area contributed by atoms with Crippen molar-refractivity contribution in [2.75, 3.05) is 40.5 Å². The van der Waals surface area contributed by atoms with E-state index in [1.165, 1.54) is 0 Å². The molecule has 1 aromatic carbocycles. The van der Waals surface area contributed by atoms with Gasteiger partial charge in [0.2, 0.25) is 5.91 Å². The van der Waals surface area contributed by atoms with Crippen molar-refractivity contribution in [3.05, 3.63) is 23.8 Å². The van der Waals surface area contributed by atoms with Crippen molar-refractivity contribution in [3.8, 4) is 11.5 Å². The Hall–Kier alpha value is -1.50. The molecule has 136 valence electrons. The number of hydrogen-bond acceptors (Lipinski definition) is 5. The largest absolute Gasteiger partial charge is 0.497 e. The number of hydrogen-bond donors (Lipinski definition) is 2. The average Bonchev–Trinajstić information content (AvgIpc) is 2.62. The van der Waals surface area contributed by atoms with Gasteiger partial charge in [0.25, 0.3) is 0 Å². The molecule has 7 heteroatoms. The minimum atomic E-state index is -0.484. The maximum atomic E-state index is 12.5. The zero-order valence-corrected chi connectivity index (χ0v) is 15.1. The van der Waals surface area contributed by atoms with E-state index in [0.717, 1.165) is 17.1 Å². The van der Waals surface area contributed by atoms with Gasteiger partial charge in [-0.1, -0.05) is 6.07 Å². The zero-order chi connectivity index (χ0) is 16.7. The maximum Gasteiger partial charge on any atom is 0.227 e. The van der Waals surface area contributed by atoms with Crippen LogP contribution in [0.3, 0.4) is 0 Å². The van der Waals surface area contributed by atoms with Crippen molar-refractivity contribution in [2.45, 2.75) is 19.3 Å². The fourth-order valence-electron chi connectivity index (χ4n) is 2.84. The van der Waals surface area contributed by atoms with Crippen LogP contribution in [-0.2, 0) is 16.0 Å². The quantitative estimate of drug-likeness (QED) is 0.772. The lowest BCUT2D eigenvalue weighted by Gasteiger charge is -2.34. The van der Waals surface area contributed by atoms with Gasteiger partial charge in [0.05, 0.1) is 19.6 Å². The molecule has 0 atom stereocenters. The molecule has 1 aromatic rings. The Kier molecular flexibility index (Phi) is 8.31. The predicted octanol–water partition coefficient (Wildman–Crippen LogP) is 1.54. The highest BCUT2D eigenvalue weighted by molar-refractivity contribution is 5.85. The Morgan fingerprint density at radius 2 is 2.00 bits per heavy atom. The van der Waals surface area contributed by atoms with E-state index in [2.05, 4.69) is 5.32 Å². The Morgan fingerprint density at radius 1 is 1.29 bits per heavy atom. The molecule has 1 saturated heterocycles. The number of ether oxygens (including phenoxy) is 3. The normalized spacial score (nSPS) is 16.0. The number of carbonyl (C=O) groups is 1. The van der Waals surface area contributed by atoms with Gasteiger partial charge in [-0.05, 0) is 30.9 Å². The molecule has 0 saturated carbocycles. The van der Waals surface area contributed by atoms with E-state index < -0.39 is 5.41 Å². The Morgan fingerprint density at radius 3 is 2.58 bits per heavy atom. The minimum Gasteiger partial charge on any atom is -0.497 e. The monoisotopic (exact) mass is 358 g/mol. The molecule has 1 heterocycles. The van der Waals surface area contributed by atoms with E-state index in [1.807, 2.05) is 18.2 Å². The van der Waals surface area contributed by atoms with Crippen LogP contribution in [0.2, 0.25) is 0 Å². The zero-order valence-electron chi connectivity index (χ0n) is 14.3. The molecule has 1 aliphatic rings. The summed E-state index contributed by atoms with van der Waals surface area (Å²) in [4.78, 5) is 12.5. The van der Waals surface area contributed by atoms with E-state index in [1.54, 1.807) is 14.2 Å². The lowest BCUT2D eigenvalue weighted by Crippen LogP contribution is -2.49. The third-order valence-corrected chi connectivity index (χ3v) is 4.50. The molecule has 1 fully saturated rings. The van der Waals surface area contributed by atoms with Gasteiger partial charge >= 0.3 is 0 Å². The second-order valence-corrected chi connectivity index (χ2v) is 5.78. The molecule has 2 rings (SSSR count). The van der Waals surface area contributed by atoms with E-state index in [0.29, 0.717) is 45.6 Å². The van der Waals surface area contributed by atoms with Gasteiger partial charge in [-0.2, -0.15) is 0 Å². The predicted molar refractivity (Wildman–Crippen MR) is 95.0 cm³/mol. The van der Waals surface area contributed by atoms with Crippen LogP contribution in [0.25, 0.3) is 0 Å². The molecule has 0 radical (unpaired) electrons. The molecule has 0 spiro atoms. The summed E-state index contributed by atoms with van der Waals surface area (Å²) in [7, 11) is 3.25. The maximum absolute atomic E-state index is 12.5. The number of rotatable bonds is 7. The lowest BCUT2D eigenvalue weighted by atomic mass is 9.79. The van der Waals surface area contributed by atoms with Crippen molar-refractivity contribution >= 4 is 18.3 Å². The fraction of sp³-hybridized carbons (Fsp3) is 0.588. The summed E-state index contributed by atoms with van der Waals surface area (Å²) in [6.45, 7) is 2.09. The van der Waals surface area contributed by atoms with Crippen molar-refractivity contribution in [2.24, 2.45) is 11.1 Å². The minimum absolute atomic E-state index is 0. The first kappa shape index (κ1) is 20.5. The summed E-state index contributed by atoms with van der Waals surface area (Å²) >= 11 is 0. The number of nitrogens with two attached hydrogens (primary N) is 1. The topological polar surface area (TPSA) is 82.8 Å². The molecule has 0 aliphatic carbocycles. The van der Waals surface area contributed by atoms with Gasteiger partial charge < -0.3 is 25.3 Å². The van der Waals surface area contributed by atoms with Gasteiger partial charge in [-0.25, -0.2) is 0 Å². The van der Waals surface area contributed by atoms with Crippen LogP contribution in [0, 0.1) is 5.41 Å². The Balaban J connectivity index is 0.00000288. The summed E-state index contributed by atoms with van der Waals surface area (Å²) in [6, 6.07) is 5.69. The number of nitrogens with one attached hydrogen (secondary N) is 1. The van der Waals surface area contributed by atoms with E-state index in [-0.39, 0.29) is 18.3 Å². The molecule has 1 amide bonds. The molecule has 0 bridgehead atoms. The molecule has 6 nitrogen and oxygen atoms in total. The van der Waals surface area contributed by atoms with Gasteiger partial charge in [-0.15, -0.1) is 12.4 Å². The molecular weight excluding hydrogens is 332 g/mol. The molecule has 24 heavy (non-hydrogen) atoms. The van der Waals surface area contributed by atoms with Crippen LogP contribution in [0.4, 0.5) is 0 Å². The SMILES string of the molecule is COc1ccc(CCNC(=O)C2(CN)CCOCC2)c(OC)c1.Cl. The van der Waals surface area contributed by atoms with E-state index in [9.17, 15) is 4.79 Å². The highest BCUT2D eigenvalue weighted by Gasteiger charge is 2.38. The van der Waals surface area contributed by atoms with E-state index in [4.69, 9.17) is 19.9 Å². The number of methoxy groups -OCH3 is 2. The highest BCUT2D eigenvalue weighted by atomic mass is 35.5. The van der Waals surface area contributed by atoms with Crippen LogP contribution in [0.15, 0.2) is 18.2 Å². The number of benzene rings is 1. The van der Waals surface area contributed by atoms with E-state index >= 15 is 0 Å². The molecular formula is C17H27ClN2O4. The molecule has 0 aromatic heterocycles. The molecule has 3 N–H and O–H groups in total. The van der Waals surface area contributed by atoms with Crippen LogP contribution >= 0.6 is 12.4 Å². The first-order valence-corrected chi connectivity index (χ1v) is 7.92.